The largest absolute Gasteiger partial charge is 0.322 e. The molecule has 0 aromatic heterocycles. The van der Waals surface area contributed by atoms with Crippen LogP contribution >= 0.6 is 0 Å². The minimum Gasteiger partial charge on any atom is -0.322 e. The summed E-state index contributed by atoms with van der Waals surface area (Å²) in [4.78, 5) is 0. The Bertz CT molecular complexity index is 90.9. The zero-order chi connectivity index (χ0) is 8.04. The molecule has 1 heteroatoms. The fourth-order valence-corrected chi connectivity index (χ4v) is 1.26. The first-order valence-corrected chi connectivity index (χ1v) is 4.11. The van der Waals surface area contributed by atoms with Crippen LogP contribution in [0.2, 0.25) is 0 Å². The summed E-state index contributed by atoms with van der Waals surface area (Å²) in [6.07, 6.45) is 6.29. The van der Waals surface area contributed by atoms with Gasteiger partial charge in [-0.15, -0.1) is 6.58 Å². The molecule has 0 unspecified atom stereocenters. The molecule has 0 rings (SSSR count). The van der Waals surface area contributed by atoms with Gasteiger partial charge in [0.15, 0.2) is 0 Å². The maximum Gasteiger partial charge on any atom is 0.0336 e. The molecule has 0 aromatic carbocycles. The molecule has 1 nitrogen and oxygen atoms in total. The number of rotatable bonds is 5. The quantitative estimate of drug-likeness (QED) is 0.585. The van der Waals surface area contributed by atoms with Gasteiger partial charge in [-0.2, -0.15) is 0 Å². The third-order valence-corrected chi connectivity index (χ3v) is 1.84. The van der Waals surface area contributed by atoms with Gasteiger partial charge in [0.05, 0.1) is 0 Å². The number of hydrogen-bond donors (Lipinski definition) is 1. The van der Waals surface area contributed by atoms with Crippen molar-refractivity contribution in [1.29, 1.82) is 0 Å². The van der Waals surface area contributed by atoms with Gasteiger partial charge in [-0.25, -0.2) is 0 Å². The summed E-state index contributed by atoms with van der Waals surface area (Å²) in [5, 5.41) is 0. The molecule has 0 amide bonds. The van der Waals surface area contributed by atoms with Crippen LogP contribution in [0.4, 0.5) is 0 Å². The molecule has 0 bridgehead atoms. The molecule has 0 saturated heterocycles. The minimum absolute atomic E-state index is 0.0937. The van der Waals surface area contributed by atoms with Crippen LogP contribution in [0.15, 0.2) is 12.7 Å². The molecule has 60 valence electrons. The lowest BCUT2D eigenvalue weighted by Crippen LogP contribution is -2.36. The van der Waals surface area contributed by atoms with Gasteiger partial charge < -0.3 is 5.73 Å². The van der Waals surface area contributed by atoms with Crippen molar-refractivity contribution in [2.45, 2.75) is 45.1 Å². The molecule has 0 atom stereocenters. The lowest BCUT2D eigenvalue weighted by atomic mass is 9.90. The molecule has 0 spiro atoms. The van der Waals surface area contributed by atoms with E-state index in [-0.39, 0.29) is 5.54 Å². The Hall–Kier alpha value is -0.300. The second-order valence-corrected chi connectivity index (χ2v) is 2.94. The van der Waals surface area contributed by atoms with E-state index in [0.29, 0.717) is 0 Å². The first kappa shape index (κ1) is 9.70. The van der Waals surface area contributed by atoms with Crippen molar-refractivity contribution in [3.8, 4) is 0 Å². The third-order valence-electron chi connectivity index (χ3n) is 1.84. The normalized spacial score (nSPS) is 11.5. The summed E-state index contributed by atoms with van der Waals surface area (Å²) in [7, 11) is 0. The van der Waals surface area contributed by atoms with Crippen LogP contribution in [0.5, 0.6) is 0 Å². The molecule has 0 aliphatic rings. The first-order valence-electron chi connectivity index (χ1n) is 4.11. The second kappa shape index (κ2) is 4.51. The summed E-state index contributed by atoms with van der Waals surface area (Å²) in [5.74, 6) is 0. The molecule has 0 saturated carbocycles. The fourth-order valence-electron chi connectivity index (χ4n) is 1.26. The number of hydrogen-bond acceptors (Lipinski definition) is 1. The minimum atomic E-state index is -0.0937. The van der Waals surface area contributed by atoms with Crippen molar-refractivity contribution in [2.24, 2.45) is 5.73 Å². The monoisotopic (exact) mass is 141 g/mol. The average molecular weight is 141 g/mol. The van der Waals surface area contributed by atoms with Gasteiger partial charge in [-0.05, 0) is 12.8 Å². The molecule has 0 radical (unpaired) electrons. The Labute approximate surface area is 64.3 Å². The first-order chi connectivity index (χ1) is 4.68. The molecule has 10 heavy (non-hydrogen) atoms. The fraction of sp³-hybridized carbons (Fsp3) is 0.778. The molecule has 2 N–H and O–H groups in total. The van der Waals surface area contributed by atoms with Gasteiger partial charge in [0.25, 0.3) is 0 Å². The highest BCUT2D eigenvalue weighted by atomic mass is 14.7. The Kier molecular flexibility index (Phi) is 4.37. The zero-order valence-corrected chi connectivity index (χ0v) is 7.19. The van der Waals surface area contributed by atoms with Crippen molar-refractivity contribution >= 4 is 0 Å². The maximum absolute atomic E-state index is 6.00. The van der Waals surface area contributed by atoms with Crippen molar-refractivity contribution in [2.75, 3.05) is 0 Å². The van der Waals surface area contributed by atoms with E-state index in [0.717, 1.165) is 25.7 Å². The van der Waals surface area contributed by atoms with E-state index in [1.807, 2.05) is 6.08 Å². The predicted molar refractivity (Wildman–Crippen MR) is 46.9 cm³/mol. The van der Waals surface area contributed by atoms with Gasteiger partial charge in [0.1, 0.15) is 0 Å². The number of nitrogens with two attached hydrogens (primary N) is 1. The predicted octanol–water partition coefficient (Wildman–Crippen LogP) is 2.47. The van der Waals surface area contributed by atoms with E-state index in [4.69, 9.17) is 5.73 Å². The van der Waals surface area contributed by atoms with Crippen molar-refractivity contribution < 1.29 is 0 Å². The lowest BCUT2D eigenvalue weighted by Gasteiger charge is -2.24. The SMILES string of the molecule is C=CC(N)(CCC)CCC. The average Bonchev–Trinajstić information content (AvgIpc) is 1.89. The molecule has 0 fully saturated rings. The van der Waals surface area contributed by atoms with Crippen LogP contribution in [0.25, 0.3) is 0 Å². The highest BCUT2D eigenvalue weighted by Crippen LogP contribution is 2.16. The van der Waals surface area contributed by atoms with E-state index in [9.17, 15) is 0 Å². The van der Waals surface area contributed by atoms with E-state index in [1.54, 1.807) is 0 Å². The van der Waals surface area contributed by atoms with Crippen LogP contribution < -0.4 is 5.73 Å². The molecule has 0 aliphatic carbocycles. The van der Waals surface area contributed by atoms with Gasteiger partial charge >= 0.3 is 0 Å². The van der Waals surface area contributed by atoms with E-state index in [1.165, 1.54) is 0 Å². The summed E-state index contributed by atoms with van der Waals surface area (Å²) in [5.41, 5.74) is 5.91. The summed E-state index contributed by atoms with van der Waals surface area (Å²) in [6, 6.07) is 0. The highest BCUT2D eigenvalue weighted by molar-refractivity contribution is 4.99. The zero-order valence-electron chi connectivity index (χ0n) is 7.19. The second-order valence-electron chi connectivity index (χ2n) is 2.94. The van der Waals surface area contributed by atoms with Gasteiger partial charge in [0.2, 0.25) is 0 Å². The maximum atomic E-state index is 6.00. The third kappa shape index (κ3) is 3.02. The molecular weight excluding hydrogens is 122 g/mol. The molecule has 0 aliphatic heterocycles. The highest BCUT2D eigenvalue weighted by Gasteiger charge is 2.17. The molecule has 0 aromatic rings. The Balaban J connectivity index is 3.81. The van der Waals surface area contributed by atoms with E-state index >= 15 is 0 Å². The van der Waals surface area contributed by atoms with Crippen LogP contribution in [0, 0.1) is 0 Å². The van der Waals surface area contributed by atoms with Crippen LogP contribution in [0.3, 0.4) is 0 Å². The van der Waals surface area contributed by atoms with Crippen molar-refractivity contribution in [3.63, 3.8) is 0 Å². The standard InChI is InChI=1S/C9H19N/c1-4-7-9(10,6-3)8-5-2/h6H,3-5,7-8,10H2,1-2H3. The Morgan fingerprint density at radius 3 is 1.90 bits per heavy atom. The smallest absolute Gasteiger partial charge is 0.0336 e. The van der Waals surface area contributed by atoms with Gasteiger partial charge in [-0.3, -0.25) is 0 Å². The van der Waals surface area contributed by atoms with Crippen LogP contribution in [0.1, 0.15) is 39.5 Å². The van der Waals surface area contributed by atoms with Gasteiger partial charge in [-0.1, -0.05) is 32.8 Å². The Morgan fingerprint density at radius 1 is 1.30 bits per heavy atom. The van der Waals surface area contributed by atoms with Crippen LogP contribution in [-0.2, 0) is 0 Å². The Morgan fingerprint density at radius 2 is 1.70 bits per heavy atom. The van der Waals surface area contributed by atoms with E-state index < -0.39 is 0 Å². The van der Waals surface area contributed by atoms with E-state index in [2.05, 4.69) is 20.4 Å². The topological polar surface area (TPSA) is 26.0 Å². The molecule has 0 heterocycles. The summed E-state index contributed by atoms with van der Waals surface area (Å²) < 4.78 is 0. The van der Waals surface area contributed by atoms with Crippen LogP contribution in [-0.4, -0.2) is 5.54 Å². The summed E-state index contributed by atoms with van der Waals surface area (Å²) in [6.45, 7) is 8.05. The lowest BCUT2D eigenvalue weighted by molar-refractivity contribution is 0.441. The van der Waals surface area contributed by atoms with Gasteiger partial charge in [0, 0.05) is 5.54 Å². The molecular formula is C9H19N. The van der Waals surface area contributed by atoms with Crippen molar-refractivity contribution in [3.05, 3.63) is 12.7 Å². The van der Waals surface area contributed by atoms with Crippen molar-refractivity contribution in [1.82, 2.24) is 0 Å². The summed E-state index contributed by atoms with van der Waals surface area (Å²) >= 11 is 0.